The van der Waals surface area contributed by atoms with Gasteiger partial charge in [0.25, 0.3) is 0 Å². The molecule has 0 aliphatic heterocycles. The van der Waals surface area contributed by atoms with Gasteiger partial charge in [0.1, 0.15) is 0 Å². The summed E-state index contributed by atoms with van der Waals surface area (Å²) in [5, 5.41) is 8.72. The van der Waals surface area contributed by atoms with Crippen LogP contribution in [0.3, 0.4) is 0 Å². The molecule has 66 valence electrons. The molecule has 0 aliphatic rings. The van der Waals surface area contributed by atoms with Crippen molar-refractivity contribution in [1.29, 1.82) is 0 Å². The molecule has 0 spiro atoms. The molecule has 13 heavy (non-hydrogen) atoms. The Bertz CT molecular complexity index is 165. The first-order valence-corrected chi connectivity index (χ1v) is 4.52. The van der Waals surface area contributed by atoms with E-state index < -0.39 is 22.5 Å². The molecule has 0 fully saturated rings. The third-order valence-corrected chi connectivity index (χ3v) is 1.48. The van der Waals surface area contributed by atoms with E-state index >= 15 is 0 Å². The summed E-state index contributed by atoms with van der Waals surface area (Å²) in [7, 11) is -6.17. The zero-order valence-electron chi connectivity index (χ0n) is 7.37. The molecule has 0 aromatic heterocycles. The van der Waals surface area contributed by atoms with E-state index in [0.717, 1.165) is 6.92 Å². The van der Waals surface area contributed by atoms with Crippen molar-refractivity contribution < 1.29 is 33.1 Å². The zero-order chi connectivity index (χ0) is 9.07. The van der Waals surface area contributed by atoms with E-state index in [1.807, 2.05) is 0 Å². The van der Waals surface area contributed by atoms with Crippen LogP contribution in [0.25, 0.3) is 0 Å². The van der Waals surface area contributed by atoms with Crippen molar-refractivity contribution in [3.63, 3.8) is 0 Å². The van der Waals surface area contributed by atoms with E-state index in [0.29, 0.717) is 0 Å². The van der Waals surface area contributed by atoms with Crippen LogP contribution in [0.1, 0.15) is 6.92 Å². The smallest absolute Gasteiger partial charge is 0.337 e. The average Bonchev–Trinajstić information content (AvgIpc) is 1.53. The Morgan fingerprint density at radius 1 is 1.08 bits per heavy atom. The van der Waals surface area contributed by atoms with Crippen molar-refractivity contribution in [1.82, 2.24) is 0 Å². The summed E-state index contributed by atoms with van der Waals surface area (Å²) in [5.41, 5.74) is 0. The molecule has 0 bridgehead atoms. The second-order valence-electron chi connectivity index (χ2n) is 1.56. The summed E-state index contributed by atoms with van der Waals surface area (Å²) < 4.78 is 27.4. The summed E-state index contributed by atoms with van der Waals surface area (Å²) in [5.74, 6) is -2.52. The quantitative estimate of drug-likeness (QED) is 0.340. The predicted molar refractivity (Wildman–Crippen MR) is 44.0 cm³/mol. The summed E-state index contributed by atoms with van der Waals surface area (Å²) >= 11 is 0. The first-order valence-electron chi connectivity index (χ1n) is 2.26. The third kappa shape index (κ3) is 14.0. The van der Waals surface area contributed by atoms with Crippen LogP contribution in [0.5, 0.6) is 0 Å². The Kier molecular flexibility index (Phi) is 14.5. The first kappa shape index (κ1) is 20.4. The minimum atomic E-state index is -3.08. The Balaban J connectivity index is -0.000000500. The van der Waals surface area contributed by atoms with Crippen LogP contribution in [0.15, 0.2) is 0 Å². The summed E-state index contributed by atoms with van der Waals surface area (Å²) in [6.07, 6.45) is 0. The fraction of sp³-hybridized carbons (Fsp3) is 1.00. The molecular formula is C2H6Na2O7P2+2. The van der Waals surface area contributed by atoms with Crippen LogP contribution in [0, 0.1) is 0 Å². The van der Waals surface area contributed by atoms with Crippen LogP contribution in [-0.4, -0.2) is 80.0 Å². The maximum absolute atomic E-state index is 9.91. The maximum Gasteiger partial charge on any atom is 0.700 e. The van der Waals surface area contributed by atoms with E-state index in [-0.39, 0.29) is 59.1 Å². The number of hydrogen-bond acceptors (Lipinski definition) is 5. The van der Waals surface area contributed by atoms with Gasteiger partial charge in [-0.3, -0.25) is 0 Å². The molecule has 11 heteroatoms. The molecule has 0 heterocycles. The summed E-state index contributed by atoms with van der Waals surface area (Å²) in [6, 6.07) is 0. The van der Waals surface area contributed by atoms with Gasteiger partial charge in [-0.25, -0.2) is 0 Å². The molecule has 3 N–H and O–H groups in total. The first-order chi connectivity index (χ1) is 4.83. The van der Waals surface area contributed by atoms with Gasteiger partial charge in [0.05, 0.1) is 0 Å². The SMILES string of the molecule is CC(O)(O[P+](=O)O)O[P+](=O)O.[Na].[Na]. The fourth-order valence-corrected chi connectivity index (χ4v) is 1.02. The van der Waals surface area contributed by atoms with Crippen LogP contribution in [0.2, 0.25) is 0 Å². The molecule has 0 rings (SSSR count). The predicted octanol–water partition coefficient (Wildman–Crippen LogP) is -0.777. The zero-order valence-corrected chi connectivity index (χ0v) is 13.2. The standard InChI is InChI=1S/C2H4O7P2.2Na/c1-2(3,8-10(4)5)9-11(6)7;;/h3H,1H3;;/p+2. The van der Waals surface area contributed by atoms with Crippen molar-refractivity contribution in [2.75, 3.05) is 0 Å². The topological polar surface area (TPSA) is 113 Å². The van der Waals surface area contributed by atoms with Gasteiger partial charge in [-0.15, -0.1) is 9.79 Å². The van der Waals surface area contributed by atoms with E-state index in [1.165, 1.54) is 0 Å². The van der Waals surface area contributed by atoms with Gasteiger partial charge in [0, 0.05) is 75.2 Å². The Morgan fingerprint density at radius 2 is 1.31 bits per heavy atom. The van der Waals surface area contributed by atoms with E-state index in [9.17, 15) is 9.13 Å². The molecule has 0 saturated heterocycles. The molecular weight excluding hydrogens is 244 g/mol. The van der Waals surface area contributed by atoms with Crippen LogP contribution in [-0.2, 0) is 18.2 Å². The van der Waals surface area contributed by atoms with Crippen molar-refractivity contribution >= 4 is 75.6 Å². The number of hydrogen-bond donors (Lipinski definition) is 3. The molecule has 0 aromatic carbocycles. The Morgan fingerprint density at radius 3 is 1.46 bits per heavy atom. The molecule has 0 amide bonds. The molecule has 0 saturated carbocycles. The van der Waals surface area contributed by atoms with Gasteiger partial charge in [0.2, 0.25) is 0 Å². The van der Waals surface area contributed by atoms with Gasteiger partial charge < -0.3 is 5.11 Å². The monoisotopic (exact) mass is 250 g/mol. The Hall–Kier alpha value is 2.00. The van der Waals surface area contributed by atoms with Crippen molar-refractivity contribution in [3.8, 4) is 0 Å². The van der Waals surface area contributed by atoms with Crippen LogP contribution in [0.4, 0.5) is 0 Å². The average molecular weight is 250 g/mol. The normalized spacial score (nSPS) is 16.0. The second-order valence-corrected chi connectivity index (χ2v) is 2.87. The van der Waals surface area contributed by atoms with E-state index in [2.05, 4.69) is 9.05 Å². The molecule has 0 aromatic rings. The molecule has 2 radical (unpaired) electrons. The molecule has 0 aliphatic carbocycles. The molecule has 2 atom stereocenters. The van der Waals surface area contributed by atoms with Crippen LogP contribution < -0.4 is 0 Å². The van der Waals surface area contributed by atoms with Crippen molar-refractivity contribution in [3.05, 3.63) is 0 Å². The van der Waals surface area contributed by atoms with Gasteiger partial charge >= 0.3 is 22.5 Å². The third-order valence-electron chi connectivity index (χ3n) is 0.495. The van der Waals surface area contributed by atoms with E-state index in [1.54, 1.807) is 0 Å². The fourth-order valence-electron chi connectivity index (χ4n) is 0.306. The van der Waals surface area contributed by atoms with Gasteiger partial charge in [-0.05, 0) is 9.05 Å². The number of aliphatic hydroxyl groups is 1. The molecule has 7 nitrogen and oxygen atoms in total. The summed E-state index contributed by atoms with van der Waals surface area (Å²) in [6.45, 7) is 0.805. The van der Waals surface area contributed by atoms with Crippen LogP contribution >= 0.6 is 16.5 Å². The summed E-state index contributed by atoms with van der Waals surface area (Å²) in [4.78, 5) is 16.1. The Labute approximate surface area is 120 Å². The minimum absolute atomic E-state index is 0. The van der Waals surface area contributed by atoms with E-state index in [4.69, 9.17) is 14.9 Å². The number of rotatable bonds is 4. The van der Waals surface area contributed by atoms with Gasteiger partial charge in [-0.2, -0.15) is 0 Å². The van der Waals surface area contributed by atoms with Gasteiger partial charge in [0.15, 0.2) is 0 Å². The van der Waals surface area contributed by atoms with Gasteiger partial charge in [-0.1, -0.05) is 0 Å². The maximum atomic E-state index is 9.91. The second kappa shape index (κ2) is 9.24. The molecule has 2 unspecified atom stereocenters. The largest absolute Gasteiger partial charge is 0.700 e. The van der Waals surface area contributed by atoms with Crippen molar-refractivity contribution in [2.24, 2.45) is 0 Å². The van der Waals surface area contributed by atoms with Crippen molar-refractivity contribution in [2.45, 2.75) is 12.9 Å². The minimum Gasteiger partial charge on any atom is -0.337 e.